The summed E-state index contributed by atoms with van der Waals surface area (Å²) in [5, 5.41) is 17.5. The van der Waals surface area contributed by atoms with Gasteiger partial charge in [0.05, 0.1) is 12.6 Å². The Hall–Kier alpha value is -0.610. The molecule has 76 valence electrons. The van der Waals surface area contributed by atoms with Crippen molar-refractivity contribution in [2.24, 2.45) is 0 Å². The number of carbonyl (C=O) groups excluding carboxylic acids is 1. The van der Waals surface area contributed by atoms with Gasteiger partial charge in [0.25, 0.3) is 0 Å². The Labute approximate surface area is 78.2 Å². The molecule has 0 aromatic heterocycles. The van der Waals surface area contributed by atoms with E-state index >= 15 is 0 Å². The van der Waals surface area contributed by atoms with Crippen molar-refractivity contribution in [3.8, 4) is 0 Å². The van der Waals surface area contributed by atoms with Gasteiger partial charge in [-0.3, -0.25) is 4.79 Å². The van der Waals surface area contributed by atoms with E-state index in [1.54, 1.807) is 4.90 Å². The molecule has 0 aromatic rings. The summed E-state index contributed by atoms with van der Waals surface area (Å²) in [4.78, 5) is 13.2. The van der Waals surface area contributed by atoms with Gasteiger partial charge in [0.1, 0.15) is 0 Å². The molecule has 4 nitrogen and oxygen atoms in total. The Balaban J connectivity index is 2.36. The van der Waals surface area contributed by atoms with Gasteiger partial charge in [0.15, 0.2) is 0 Å². The highest BCUT2D eigenvalue weighted by atomic mass is 16.3. The molecule has 1 rings (SSSR count). The molecule has 0 saturated carbocycles. The van der Waals surface area contributed by atoms with Crippen molar-refractivity contribution >= 4 is 5.91 Å². The highest BCUT2D eigenvalue weighted by Gasteiger charge is 2.27. The minimum atomic E-state index is 0.0196. The molecule has 1 saturated heterocycles. The first-order valence-electron chi connectivity index (χ1n) is 4.80. The molecule has 0 unspecified atom stereocenters. The Kier molecular flexibility index (Phi) is 4.18. The van der Waals surface area contributed by atoms with Crippen LogP contribution in [0.15, 0.2) is 0 Å². The van der Waals surface area contributed by atoms with Crippen molar-refractivity contribution in [3.05, 3.63) is 0 Å². The van der Waals surface area contributed by atoms with Gasteiger partial charge in [-0.2, -0.15) is 0 Å². The summed E-state index contributed by atoms with van der Waals surface area (Å²) in [5.74, 6) is 0.0607. The van der Waals surface area contributed by atoms with Crippen LogP contribution >= 0.6 is 0 Å². The van der Waals surface area contributed by atoms with Crippen LogP contribution in [0.5, 0.6) is 0 Å². The first-order chi connectivity index (χ1) is 6.29. The normalized spacial score (nSPS) is 22.3. The average Bonchev–Trinajstić information content (AvgIpc) is 2.61. The summed E-state index contributed by atoms with van der Waals surface area (Å²) in [6.07, 6.45) is 2.80. The largest absolute Gasteiger partial charge is 0.396 e. The predicted molar refractivity (Wildman–Crippen MR) is 48.1 cm³/mol. The predicted octanol–water partition coefficient (Wildman–Crippen LogP) is -0.258. The first kappa shape index (κ1) is 10.5. The van der Waals surface area contributed by atoms with E-state index in [1.807, 2.05) is 0 Å². The maximum Gasteiger partial charge on any atom is 0.222 e. The second-order valence-corrected chi connectivity index (χ2v) is 3.39. The molecule has 1 amide bonds. The van der Waals surface area contributed by atoms with Gasteiger partial charge in [0, 0.05) is 19.6 Å². The summed E-state index contributed by atoms with van der Waals surface area (Å²) >= 11 is 0. The fourth-order valence-electron chi connectivity index (χ4n) is 1.73. The van der Waals surface area contributed by atoms with Crippen LogP contribution < -0.4 is 0 Å². The Morgan fingerprint density at radius 3 is 2.85 bits per heavy atom. The molecule has 1 atom stereocenters. The molecule has 0 radical (unpaired) electrons. The lowest BCUT2D eigenvalue weighted by Gasteiger charge is -2.22. The quantitative estimate of drug-likeness (QED) is 0.637. The summed E-state index contributed by atoms with van der Waals surface area (Å²) in [6, 6.07) is 0.0196. The average molecular weight is 187 g/mol. The van der Waals surface area contributed by atoms with Crippen molar-refractivity contribution in [1.29, 1.82) is 0 Å². The molecule has 0 spiro atoms. The lowest BCUT2D eigenvalue weighted by Crippen LogP contribution is -2.37. The smallest absolute Gasteiger partial charge is 0.222 e. The van der Waals surface area contributed by atoms with E-state index in [9.17, 15) is 4.79 Å². The Bertz CT molecular complexity index is 172. The number of nitrogens with zero attached hydrogens (tertiary/aromatic N) is 1. The monoisotopic (exact) mass is 187 g/mol. The highest BCUT2D eigenvalue weighted by Crippen LogP contribution is 2.17. The molecule has 13 heavy (non-hydrogen) atoms. The number of amides is 1. The van der Waals surface area contributed by atoms with E-state index in [0.717, 1.165) is 19.4 Å². The van der Waals surface area contributed by atoms with E-state index in [2.05, 4.69) is 0 Å². The summed E-state index contributed by atoms with van der Waals surface area (Å²) in [5.41, 5.74) is 0. The van der Waals surface area contributed by atoms with Crippen LogP contribution in [0.3, 0.4) is 0 Å². The van der Waals surface area contributed by atoms with Crippen molar-refractivity contribution in [2.45, 2.75) is 31.7 Å². The number of hydrogen-bond acceptors (Lipinski definition) is 3. The molecular formula is C9H17NO3. The Morgan fingerprint density at radius 2 is 2.23 bits per heavy atom. The number of carbonyl (C=O) groups is 1. The number of aliphatic hydroxyl groups excluding tert-OH is 2. The van der Waals surface area contributed by atoms with E-state index in [4.69, 9.17) is 10.2 Å². The van der Waals surface area contributed by atoms with E-state index in [0.29, 0.717) is 12.8 Å². The molecule has 0 aromatic carbocycles. The number of aliphatic hydroxyl groups is 2. The van der Waals surface area contributed by atoms with E-state index in [-0.39, 0.29) is 25.2 Å². The highest BCUT2D eigenvalue weighted by molar-refractivity contribution is 5.76. The standard InChI is InChI=1S/C9H17NO3/c11-6-2-4-9(13)10-5-1-3-8(10)7-12/h8,11-12H,1-7H2/t8-/m1/s1. The van der Waals surface area contributed by atoms with Crippen LogP contribution in [0.1, 0.15) is 25.7 Å². The van der Waals surface area contributed by atoms with Crippen molar-refractivity contribution in [3.63, 3.8) is 0 Å². The third-order valence-corrected chi connectivity index (χ3v) is 2.46. The summed E-state index contributed by atoms with van der Waals surface area (Å²) in [6.45, 7) is 0.879. The zero-order chi connectivity index (χ0) is 9.68. The van der Waals surface area contributed by atoms with Gasteiger partial charge in [0.2, 0.25) is 5.91 Å². The van der Waals surface area contributed by atoms with Crippen molar-refractivity contribution in [2.75, 3.05) is 19.8 Å². The van der Waals surface area contributed by atoms with E-state index in [1.165, 1.54) is 0 Å². The molecule has 4 heteroatoms. The number of likely N-dealkylation sites (tertiary alicyclic amines) is 1. The maximum atomic E-state index is 11.5. The summed E-state index contributed by atoms with van der Waals surface area (Å²) in [7, 11) is 0. The zero-order valence-electron chi connectivity index (χ0n) is 7.78. The molecule has 0 bridgehead atoms. The Morgan fingerprint density at radius 1 is 1.46 bits per heavy atom. The fraction of sp³-hybridized carbons (Fsp3) is 0.889. The van der Waals surface area contributed by atoms with Crippen LogP contribution in [-0.4, -0.2) is 46.8 Å². The van der Waals surface area contributed by atoms with E-state index < -0.39 is 0 Å². The van der Waals surface area contributed by atoms with Crippen LogP contribution in [0.2, 0.25) is 0 Å². The second kappa shape index (κ2) is 5.19. The third kappa shape index (κ3) is 2.67. The van der Waals surface area contributed by atoms with Crippen LogP contribution in [-0.2, 0) is 4.79 Å². The molecular weight excluding hydrogens is 170 g/mol. The van der Waals surface area contributed by atoms with Gasteiger partial charge < -0.3 is 15.1 Å². The fourth-order valence-corrected chi connectivity index (χ4v) is 1.73. The molecule has 2 N–H and O–H groups in total. The number of hydrogen-bond donors (Lipinski definition) is 2. The topological polar surface area (TPSA) is 60.8 Å². The minimum Gasteiger partial charge on any atom is -0.396 e. The zero-order valence-corrected chi connectivity index (χ0v) is 7.78. The number of rotatable bonds is 4. The summed E-state index contributed by atoms with van der Waals surface area (Å²) < 4.78 is 0. The maximum absolute atomic E-state index is 11.5. The minimum absolute atomic E-state index is 0.0196. The van der Waals surface area contributed by atoms with Gasteiger partial charge in [-0.25, -0.2) is 0 Å². The lowest BCUT2D eigenvalue weighted by molar-refractivity contribution is -0.133. The van der Waals surface area contributed by atoms with Crippen molar-refractivity contribution < 1.29 is 15.0 Å². The van der Waals surface area contributed by atoms with Crippen molar-refractivity contribution in [1.82, 2.24) is 4.90 Å². The van der Waals surface area contributed by atoms with Gasteiger partial charge in [-0.05, 0) is 19.3 Å². The first-order valence-corrected chi connectivity index (χ1v) is 4.80. The van der Waals surface area contributed by atoms with Crippen LogP contribution in [0, 0.1) is 0 Å². The third-order valence-electron chi connectivity index (χ3n) is 2.46. The second-order valence-electron chi connectivity index (χ2n) is 3.39. The molecule has 1 aliphatic heterocycles. The molecule has 0 aliphatic carbocycles. The molecule has 1 heterocycles. The van der Waals surface area contributed by atoms with Crippen LogP contribution in [0.4, 0.5) is 0 Å². The van der Waals surface area contributed by atoms with Gasteiger partial charge in [-0.15, -0.1) is 0 Å². The van der Waals surface area contributed by atoms with Gasteiger partial charge >= 0.3 is 0 Å². The molecule has 1 aliphatic rings. The van der Waals surface area contributed by atoms with Gasteiger partial charge in [-0.1, -0.05) is 0 Å². The molecule has 1 fully saturated rings. The SMILES string of the molecule is O=C(CCCO)N1CCC[C@@H]1CO. The van der Waals surface area contributed by atoms with Crippen LogP contribution in [0.25, 0.3) is 0 Å². The lowest BCUT2D eigenvalue weighted by atomic mass is 10.2.